The molecule has 2 aromatic rings. The molecule has 0 bridgehead atoms. The number of hydrogen-bond donors (Lipinski definition) is 0. The van der Waals surface area contributed by atoms with Crippen molar-refractivity contribution in [2.45, 2.75) is 12.3 Å². The van der Waals surface area contributed by atoms with Crippen molar-refractivity contribution in [3.63, 3.8) is 0 Å². The number of carbonyl (C=O) groups excluding carboxylic acids is 1. The number of rotatable bonds is 3. The zero-order chi connectivity index (χ0) is 14.0. The van der Waals surface area contributed by atoms with E-state index in [1.54, 1.807) is 12.1 Å². The summed E-state index contributed by atoms with van der Waals surface area (Å²) in [5.41, 5.74) is 2.67. The van der Waals surface area contributed by atoms with Crippen LogP contribution in [0.15, 0.2) is 36.4 Å². The Morgan fingerprint density at radius 2 is 1.68 bits per heavy atom. The summed E-state index contributed by atoms with van der Waals surface area (Å²) >= 11 is 3.36. The molecule has 0 radical (unpaired) electrons. The normalized spacial score (nSPS) is 10.5. The van der Waals surface area contributed by atoms with E-state index >= 15 is 0 Å². The molecule has 0 spiro atoms. The number of halogens is 3. The van der Waals surface area contributed by atoms with Crippen LogP contribution in [0.25, 0.3) is 0 Å². The zero-order valence-electron chi connectivity index (χ0n) is 10.2. The Morgan fingerprint density at radius 1 is 1.05 bits per heavy atom. The highest BCUT2D eigenvalue weighted by Crippen LogP contribution is 2.18. The molecule has 2 aromatic carbocycles. The summed E-state index contributed by atoms with van der Waals surface area (Å²) in [6, 6.07) is 8.45. The lowest BCUT2D eigenvalue weighted by molar-refractivity contribution is 0.103. The second-order valence-corrected chi connectivity index (χ2v) is 4.79. The van der Waals surface area contributed by atoms with Gasteiger partial charge in [-0.15, -0.1) is 0 Å². The second kappa shape index (κ2) is 5.61. The minimum atomic E-state index is -1.01. The lowest BCUT2D eigenvalue weighted by atomic mass is 9.99. The molecule has 4 heteroatoms. The van der Waals surface area contributed by atoms with Gasteiger partial charge >= 0.3 is 0 Å². The Labute approximate surface area is 118 Å². The molecule has 0 aliphatic carbocycles. The van der Waals surface area contributed by atoms with Crippen LogP contribution in [0.4, 0.5) is 8.78 Å². The fraction of sp³-hybridized carbons (Fsp3) is 0.133. The third-order valence-electron chi connectivity index (χ3n) is 2.93. The molecule has 2 rings (SSSR count). The van der Waals surface area contributed by atoms with E-state index in [1.807, 2.05) is 13.0 Å². The molecule has 0 amide bonds. The first-order valence-corrected chi connectivity index (χ1v) is 6.80. The molecule has 0 unspecified atom stereocenters. The molecule has 0 aliphatic rings. The second-order valence-electron chi connectivity index (χ2n) is 4.23. The monoisotopic (exact) mass is 324 g/mol. The van der Waals surface area contributed by atoms with Gasteiger partial charge in [-0.1, -0.05) is 28.1 Å². The lowest BCUT2D eigenvalue weighted by Crippen LogP contribution is -2.03. The first-order chi connectivity index (χ1) is 9.02. The van der Waals surface area contributed by atoms with E-state index in [4.69, 9.17) is 0 Å². The molecule has 1 nitrogen and oxygen atoms in total. The van der Waals surface area contributed by atoms with Gasteiger partial charge in [-0.25, -0.2) is 8.78 Å². The molecule has 0 saturated heterocycles. The van der Waals surface area contributed by atoms with Crippen LogP contribution in [0.1, 0.15) is 27.0 Å². The van der Waals surface area contributed by atoms with E-state index in [1.165, 1.54) is 6.07 Å². The van der Waals surface area contributed by atoms with Crippen LogP contribution in [0.3, 0.4) is 0 Å². The number of aryl methyl sites for hydroxylation is 1. The molecule has 0 aromatic heterocycles. The number of alkyl halides is 1. The van der Waals surface area contributed by atoms with Gasteiger partial charge in [0.15, 0.2) is 17.4 Å². The first-order valence-electron chi connectivity index (χ1n) is 5.68. The van der Waals surface area contributed by atoms with Gasteiger partial charge in [-0.3, -0.25) is 4.79 Å². The molecule has 19 heavy (non-hydrogen) atoms. The third-order valence-corrected chi connectivity index (χ3v) is 3.53. The van der Waals surface area contributed by atoms with Gasteiger partial charge in [-0.2, -0.15) is 0 Å². The van der Waals surface area contributed by atoms with E-state index in [9.17, 15) is 13.6 Å². The third kappa shape index (κ3) is 2.89. The van der Waals surface area contributed by atoms with Crippen molar-refractivity contribution in [1.29, 1.82) is 0 Å². The van der Waals surface area contributed by atoms with Crippen LogP contribution < -0.4 is 0 Å². The van der Waals surface area contributed by atoms with Gasteiger partial charge in [0.2, 0.25) is 0 Å². The standard InChI is InChI=1S/C15H11BrF2O/c1-9-6-10(2-3-12(9)8-16)15(19)11-4-5-13(17)14(18)7-11/h2-7H,8H2,1H3. The molecule has 0 aliphatic heterocycles. The van der Waals surface area contributed by atoms with Crippen LogP contribution >= 0.6 is 15.9 Å². The van der Waals surface area contributed by atoms with E-state index in [-0.39, 0.29) is 11.3 Å². The summed E-state index contributed by atoms with van der Waals surface area (Å²) in [6.45, 7) is 1.90. The summed E-state index contributed by atoms with van der Waals surface area (Å²) in [4.78, 5) is 12.2. The van der Waals surface area contributed by atoms with Gasteiger partial charge < -0.3 is 0 Å². The molecule has 0 N–H and O–H groups in total. The predicted octanol–water partition coefficient (Wildman–Crippen LogP) is 4.40. The van der Waals surface area contributed by atoms with Crippen LogP contribution in [-0.4, -0.2) is 5.78 Å². The smallest absolute Gasteiger partial charge is 0.193 e. The molecule has 98 valence electrons. The maximum absolute atomic E-state index is 13.1. The van der Waals surface area contributed by atoms with Crippen LogP contribution in [0, 0.1) is 18.6 Å². The van der Waals surface area contributed by atoms with Crippen molar-refractivity contribution in [3.05, 3.63) is 70.3 Å². The van der Waals surface area contributed by atoms with Crippen LogP contribution in [0.2, 0.25) is 0 Å². The maximum Gasteiger partial charge on any atom is 0.193 e. The Kier molecular flexibility index (Phi) is 4.10. The minimum absolute atomic E-state index is 0.143. The average Bonchev–Trinajstić information content (AvgIpc) is 2.41. The van der Waals surface area contributed by atoms with Crippen molar-refractivity contribution < 1.29 is 13.6 Å². The average molecular weight is 325 g/mol. The Balaban J connectivity index is 2.38. The Bertz CT molecular complexity index is 638. The molecule has 0 saturated carbocycles. The largest absolute Gasteiger partial charge is 0.289 e. The predicted molar refractivity (Wildman–Crippen MR) is 73.6 cm³/mol. The van der Waals surface area contributed by atoms with Crippen molar-refractivity contribution >= 4 is 21.7 Å². The van der Waals surface area contributed by atoms with E-state index in [0.717, 1.165) is 23.3 Å². The highest BCUT2D eigenvalue weighted by atomic mass is 79.9. The lowest BCUT2D eigenvalue weighted by Gasteiger charge is -2.06. The summed E-state index contributed by atoms with van der Waals surface area (Å²) in [6.07, 6.45) is 0. The highest BCUT2D eigenvalue weighted by Gasteiger charge is 2.12. The van der Waals surface area contributed by atoms with Gasteiger partial charge in [0.05, 0.1) is 0 Å². The van der Waals surface area contributed by atoms with Crippen molar-refractivity contribution in [2.75, 3.05) is 0 Å². The summed E-state index contributed by atoms with van der Waals surface area (Å²) in [5, 5.41) is 0.707. The fourth-order valence-electron chi connectivity index (χ4n) is 1.79. The van der Waals surface area contributed by atoms with Crippen molar-refractivity contribution in [2.24, 2.45) is 0 Å². The zero-order valence-corrected chi connectivity index (χ0v) is 11.8. The molecule has 0 heterocycles. The number of carbonyl (C=O) groups is 1. The van der Waals surface area contributed by atoms with E-state index in [0.29, 0.717) is 10.9 Å². The number of hydrogen-bond acceptors (Lipinski definition) is 1. The molecule has 0 atom stereocenters. The van der Waals surface area contributed by atoms with Gasteiger partial charge in [-0.05, 0) is 42.3 Å². The fourth-order valence-corrected chi connectivity index (χ4v) is 2.42. The first kappa shape index (κ1) is 13.9. The maximum atomic E-state index is 13.1. The van der Waals surface area contributed by atoms with Gasteiger partial charge in [0.25, 0.3) is 0 Å². The summed E-state index contributed by atoms with van der Waals surface area (Å²) in [7, 11) is 0. The van der Waals surface area contributed by atoms with Crippen LogP contribution in [-0.2, 0) is 5.33 Å². The quantitative estimate of drug-likeness (QED) is 0.604. The number of ketones is 1. The van der Waals surface area contributed by atoms with Crippen LogP contribution in [0.5, 0.6) is 0 Å². The molecular formula is C15H11BrF2O. The summed E-state index contributed by atoms with van der Waals surface area (Å²) in [5.74, 6) is -2.29. The Hall–Kier alpha value is -1.55. The van der Waals surface area contributed by atoms with Gasteiger partial charge in [0.1, 0.15) is 0 Å². The topological polar surface area (TPSA) is 17.1 Å². The molecular weight excluding hydrogens is 314 g/mol. The summed E-state index contributed by atoms with van der Waals surface area (Å²) < 4.78 is 26.0. The van der Waals surface area contributed by atoms with E-state index < -0.39 is 11.6 Å². The SMILES string of the molecule is Cc1cc(C(=O)c2ccc(F)c(F)c2)ccc1CBr. The van der Waals surface area contributed by atoms with Crippen molar-refractivity contribution in [3.8, 4) is 0 Å². The van der Waals surface area contributed by atoms with Gasteiger partial charge in [0, 0.05) is 16.5 Å². The Morgan fingerprint density at radius 3 is 2.26 bits per heavy atom. The number of benzene rings is 2. The van der Waals surface area contributed by atoms with Crippen molar-refractivity contribution in [1.82, 2.24) is 0 Å². The highest BCUT2D eigenvalue weighted by molar-refractivity contribution is 9.08. The molecule has 0 fully saturated rings. The van der Waals surface area contributed by atoms with E-state index in [2.05, 4.69) is 15.9 Å². The minimum Gasteiger partial charge on any atom is -0.289 e.